The van der Waals surface area contributed by atoms with Crippen LogP contribution in [0.5, 0.6) is 0 Å². The lowest BCUT2D eigenvalue weighted by atomic mass is 10.1. The predicted octanol–water partition coefficient (Wildman–Crippen LogP) is 5.68. The van der Waals surface area contributed by atoms with Crippen LogP contribution < -0.4 is 0 Å². The van der Waals surface area contributed by atoms with Crippen molar-refractivity contribution in [2.24, 2.45) is 0 Å². The molecule has 1 atom stereocenters. The first-order valence-electron chi connectivity index (χ1n) is 9.06. The van der Waals surface area contributed by atoms with E-state index in [2.05, 4.69) is 11.1 Å². The fourth-order valence-corrected chi connectivity index (χ4v) is 3.55. The Morgan fingerprint density at radius 3 is 2.50 bits per heavy atom. The summed E-state index contributed by atoms with van der Waals surface area (Å²) in [6.45, 7) is 5.29. The summed E-state index contributed by atoms with van der Waals surface area (Å²) in [7, 11) is 0. The summed E-state index contributed by atoms with van der Waals surface area (Å²) < 4.78 is 2.09. The topological polar surface area (TPSA) is 25.2 Å². The van der Waals surface area contributed by atoms with Crippen molar-refractivity contribution < 1.29 is 4.79 Å². The van der Waals surface area contributed by atoms with E-state index in [1.54, 1.807) is 11.0 Å². The highest BCUT2D eigenvalue weighted by Crippen LogP contribution is 2.24. The molecule has 2 aromatic carbocycles. The van der Waals surface area contributed by atoms with Crippen molar-refractivity contribution in [3.05, 3.63) is 107 Å². The van der Waals surface area contributed by atoms with Crippen LogP contribution in [0.4, 0.5) is 0 Å². The molecule has 3 rings (SSSR count). The highest BCUT2D eigenvalue weighted by Gasteiger charge is 2.24. The quantitative estimate of drug-likeness (QED) is 0.344. The van der Waals surface area contributed by atoms with E-state index in [4.69, 9.17) is 23.2 Å². The van der Waals surface area contributed by atoms with Gasteiger partial charge in [-0.15, -0.1) is 18.2 Å². The zero-order valence-corrected chi connectivity index (χ0v) is 17.0. The number of benzene rings is 2. The van der Waals surface area contributed by atoms with Crippen LogP contribution >= 0.6 is 23.2 Å². The largest absolute Gasteiger partial charge is 0.345 e. The highest BCUT2D eigenvalue weighted by molar-refractivity contribution is 6.31. The van der Waals surface area contributed by atoms with Crippen LogP contribution in [0.15, 0.2) is 85.6 Å². The fraction of sp³-hybridized carbons (Fsp3) is 0.174. The van der Waals surface area contributed by atoms with Crippen LogP contribution in [0.3, 0.4) is 0 Å². The van der Waals surface area contributed by atoms with Gasteiger partial charge >= 0.3 is 0 Å². The van der Waals surface area contributed by atoms with Crippen LogP contribution in [0.1, 0.15) is 22.2 Å². The molecule has 0 spiro atoms. The van der Waals surface area contributed by atoms with Crippen molar-refractivity contribution in [3.8, 4) is 0 Å². The number of nitrogens with zero attached hydrogens (tertiary/aromatic N) is 2. The third kappa shape index (κ3) is 4.86. The molecule has 0 N–H and O–H groups in total. The number of alkyl halides is 1. The Balaban J connectivity index is 1.78. The minimum Gasteiger partial charge on any atom is -0.345 e. The van der Waals surface area contributed by atoms with Gasteiger partial charge in [-0.3, -0.25) is 4.79 Å². The monoisotopic (exact) mass is 412 g/mol. The lowest BCUT2D eigenvalue weighted by Gasteiger charge is -2.25. The van der Waals surface area contributed by atoms with Gasteiger partial charge in [0.25, 0.3) is 0 Å². The van der Waals surface area contributed by atoms with E-state index in [1.165, 1.54) is 0 Å². The maximum atomic E-state index is 13.0. The molecule has 0 aliphatic rings. The Bertz CT molecular complexity index is 937. The molecule has 0 unspecified atom stereocenters. The number of hydrogen-bond donors (Lipinski definition) is 0. The second-order valence-corrected chi connectivity index (χ2v) is 7.34. The third-order valence-corrected chi connectivity index (χ3v) is 5.35. The zero-order chi connectivity index (χ0) is 19.9. The zero-order valence-electron chi connectivity index (χ0n) is 15.5. The van der Waals surface area contributed by atoms with Crippen molar-refractivity contribution in [3.63, 3.8) is 0 Å². The molecule has 28 heavy (non-hydrogen) atoms. The van der Waals surface area contributed by atoms with Crippen molar-refractivity contribution in [1.29, 1.82) is 0 Å². The van der Waals surface area contributed by atoms with Crippen molar-refractivity contribution >= 4 is 29.1 Å². The Kier molecular flexibility index (Phi) is 6.96. The number of amides is 1. The molecule has 1 heterocycles. The molecular formula is C23H22Cl2N2O. The van der Waals surface area contributed by atoms with Gasteiger partial charge in [0.15, 0.2) is 0 Å². The van der Waals surface area contributed by atoms with Crippen molar-refractivity contribution in [1.82, 2.24) is 9.47 Å². The molecule has 0 saturated carbocycles. The molecular weight excluding hydrogens is 391 g/mol. The number of aromatic nitrogens is 1. The summed E-state index contributed by atoms with van der Waals surface area (Å²) in [6.07, 6.45) is 3.71. The smallest absolute Gasteiger partial charge is 0.245 e. The first-order chi connectivity index (χ1) is 13.6. The Morgan fingerprint density at radius 1 is 1.07 bits per heavy atom. The summed E-state index contributed by atoms with van der Waals surface area (Å²) in [5, 5.41) is -0.000737. The van der Waals surface area contributed by atoms with E-state index >= 15 is 0 Å². The molecule has 144 valence electrons. The van der Waals surface area contributed by atoms with E-state index in [9.17, 15) is 4.79 Å². The summed E-state index contributed by atoms with van der Waals surface area (Å²) in [4.78, 5) is 14.7. The second-order valence-electron chi connectivity index (χ2n) is 6.50. The minimum absolute atomic E-state index is 0.140. The highest BCUT2D eigenvalue weighted by atomic mass is 35.5. The van der Waals surface area contributed by atoms with Gasteiger partial charge in [0.2, 0.25) is 5.91 Å². The lowest BCUT2D eigenvalue weighted by Crippen LogP contribution is -2.34. The average molecular weight is 413 g/mol. The normalized spacial score (nSPS) is 11.8. The van der Waals surface area contributed by atoms with Gasteiger partial charge in [-0.25, -0.2) is 0 Å². The number of halogens is 2. The summed E-state index contributed by atoms with van der Waals surface area (Å²) in [5.41, 5.74) is 2.82. The van der Waals surface area contributed by atoms with E-state index in [1.807, 2.05) is 72.9 Å². The van der Waals surface area contributed by atoms with E-state index in [-0.39, 0.29) is 5.91 Å². The van der Waals surface area contributed by atoms with E-state index in [0.717, 1.165) is 21.8 Å². The Labute approximate surface area is 175 Å². The van der Waals surface area contributed by atoms with Gasteiger partial charge in [-0.2, -0.15) is 0 Å². The van der Waals surface area contributed by atoms with Gasteiger partial charge in [-0.05, 0) is 29.3 Å². The summed E-state index contributed by atoms with van der Waals surface area (Å²) in [6, 6.07) is 21.1. The number of carbonyl (C=O) groups is 1. The molecule has 5 heteroatoms. The van der Waals surface area contributed by atoms with Crippen LogP contribution in [0.2, 0.25) is 5.02 Å². The number of hydrogen-bond acceptors (Lipinski definition) is 1. The fourth-order valence-electron chi connectivity index (χ4n) is 3.07. The molecule has 0 fully saturated rings. The van der Waals surface area contributed by atoms with Crippen LogP contribution in [-0.4, -0.2) is 21.9 Å². The van der Waals surface area contributed by atoms with E-state index < -0.39 is 5.38 Å². The molecule has 1 aromatic heterocycles. The van der Waals surface area contributed by atoms with Gasteiger partial charge in [0.05, 0.1) is 6.54 Å². The Hall–Kier alpha value is -2.49. The first kappa shape index (κ1) is 20.2. The summed E-state index contributed by atoms with van der Waals surface area (Å²) in [5.74, 6) is -0.140. The maximum Gasteiger partial charge on any atom is 0.245 e. The number of carbonyl (C=O) groups excluding carboxylic acids is 1. The molecule has 0 radical (unpaired) electrons. The Morgan fingerprint density at radius 2 is 1.79 bits per heavy atom. The molecule has 3 nitrogen and oxygen atoms in total. The standard InChI is InChI=1S/C23H22Cl2N2O/c1-2-14-27(23(28)22(25)18-9-4-3-5-10-18)17-20-12-8-15-26(20)16-19-11-6-7-13-21(19)24/h2-13,15,22H,1,14,16-17H2/t22-/m0/s1. The third-order valence-electron chi connectivity index (χ3n) is 4.55. The lowest BCUT2D eigenvalue weighted by molar-refractivity contribution is -0.131. The average Bonchev–Trinajstić information content (AvgIpc) is 3.15. The second kappa shape index (κ2) is 9.63. The molecule has 0 aliphatic heterocycles. The molecule has 0 saturated heterocycles. The molecule has 1 amide bonds. The van der Waals surface area contributed by atoms with Gasteiger partial charge < -0.3 is 9.47 Å². The number of rotatable bonds is 8. The SMILES string of the molecule is C=CCN(Cc1cccn1Cc1ccccc1Cl)C(=O)[C@@H](Cl)c1ccccc1. The molecule has 3 aromatic rings. The first-order valence-corrected chi connectivity index (χ1v) is 9.87. The van der Waals surface area contributed by atoms with E-state index in [0.29, 0.717) is 19.6 Å². The van der Waals surface area contributed by atoms with Crippen molar-refractivity contribution in [2.75, 3.05) is 6.54 Å². The van der Waals surface area contributed by atoms with Crippen LogP contribution in [0, 0.1) is 0 Å². The summed E-state index contributed by atoms with van der Waals surface area (Å²) >= 11 is 12.8. The van der Waals surface area contributed by atoms with Gasteiger partial charge in [-0.1, -0.05) is 66.2 Å². The maximum absolute atomic E-state index is 13.0. The molecule has 0 bridgehead atoms. The minimum atomic E-state index is -0.729. The molecule has 0 aliphatic carbocycles. The van der Waals surface area contributed by atoms with Crippen molar-refractivity contribution in [2.45, 2.75) is 18.5 Å². The van der Waals surface area contributed by atoms with Gasteiger partial charge in [0.1, 0.15) is 5.38 Å². The predicted molar refractivity (Wildman–Crippen MR) is 116 cm³/mol. The van der Waals surface area contributed by atoms with Crippen LogP contribution in [0.25, 0.3) is 0 Å². The van der Waals surface area contributed by atoms with Crippen LogP contribution in [-0.2, 0) is 17.9 Å². The van der Waals surface area contributed by atoms with Gasteiger partial charge in [0, 0.05) is 30.0 Å².